The minimum absolute atomic E-state index is 0.678. The Morgan fingerprint density at radius 1 is 1.33 bits per heavy atom. The average molecular weight is 263 g/mol. The molecular weight excluding hydrogens is 248 g/mol. The van der Waals surface area contributed by atoms with Crippen LogP contribution in [0, 0.1) is 0 Å². The van der Waals surface area contributed by atoms with E-state index in [1.807, 2.05) is 19.2 Å². The molecule has 0 bridgehead atoms. The van der Waals surface area contributed by atoms with Crippen molar-refractivity contribution < 1.29 is 4.74 Å². The molecule has 3 rings (SSSR count). The summed E-state index contributed by atoms with van der Waals surface area (Å²) in [7, 11) is 3.61. The lowest BCUT2D eigenvalue weighted by atomic mass is 10.1. The smallest absolute Gasteiger partial charge is 0.130 e. The number of fused-ring (bicyclic) bond motifs is 2. The summed E-state index contributed by atoms with van der Waals surface area (Å²) in [6.45, 7) is 0. The van der Waals surface area contributed by atoms with E-state index in [-0.39, 0.29) is 0 Å². The first-order chi connectivity index (χ1) is 8.76. The third-order valence-corrected chi connectivity index (χ3v) is 3.85. The van der Waals surface area contributed by atoms with Crippen LogP contribution in [-0.4, -0.2) is 19.1 Å². The molecule has 1 N–H and O–H groups in total. The molecule has 4 heteroatoms. The maximum absolute atomic E-state index is 6.27. The van der Waals surface area contributed by atoms with Gasteiger partial charge in [0, 0.05) is 12.7 Å². The Kier molecular flexibility index (Phi) is 2.78. The number of ether oxygens (including phenoxy) is 1. The predicted molar refractivity (Wildman–Crippen MR) is 74.9 cm³/mol. The third kappa shape index (κ3) is 1.54. The monoisotopic (exact) mass is 262 g/mol. The van der Waals surface area contributed by atoms with Crippen LogP contribution >= 0.6 is 11.6 Å². The number of hydrogen-bond acceptors (Lipinski definition) is 3. The molecule has 0 atom stereocenters. The van der Waals surface area contributed by atoms with Crippen molar-refractivity contribution in [1.82, 2.24) is 4.98 Å². The molecule has 0 unspecified atom stereocenters. The molecule has 94 valence electrons. The Labute approximate surface area is 111 Å². The molecule has 18 heavy (non-hydrogen) atoms. The molecule has 2 aromatic rings. The van der Waals surface area contributed by atoms with Crippen molar-refractivity contribution in [3.05, 3.63) is 28.4 Å². The van der Waals surface area contributed by atoms with Crippen molar-refractivity contribution in [3.8, 4) is 5.75 Å². The van der Waals surface area contributed by atoms with Crippen LogP contribution < -0.4 is 10.1 Å². The minimum atomic E-state index is 0.678. The number of aromatic nitrogens is 1. The summed E-state index contributed by atoms with van der Waals surface area (Å²) in [6, 6.07) is 3.74. The van der Waals surface area contributed by atoms with Crippen molar-refractivity contribution in [2.24, 2.45) is 0 Å². The zero-order chi connectivity index (χ0) is 12.7. The Morgan fingerprint density at radius 3 is 2.89 bits per heavy atom. The van der Waals surface area contributed by atoms with Gasteiger partial charge in [-0.3, -0.25) is 4.98 Å². The SMILES string of the molecule is CNc1c2c(nc3c(Cl)ccc(OC)c13)CCC2. The van der Waals surface area contributed by atoms with E-state index in [9.17, 15) is 0 Å². The summed E-state index contributed by atoms with van der Waals surface area (Å²) in [6.07, 6.45) is 3.27. The first kappa shape index (κ1) is 11.6. The molecule has 0 amide bonds. The number of methoxy groups -OCH3 is 1. The van der Waals surface area contributed by atoms with Gasteiger partial charge in [-0.2, -0.15) is 0 Å². The van der Waals surface area contributed by atoms with Gasteiger partial charge in [-0.25, -0.2) is 0 Å². The van der Waals surface area contributed by atoms with Crippen LogP contribution in [0.2, 0.25) is 5.02 Å². The highest BCUT2D eigenvalue weighted by atomic mass is 35.5. The summed E-state index contributed by atoms with van der Waals surface area (Å²) in [5.41, 5.74) is 4.43. The molecule has 0 saturated heterocycles. The molecule has 0 fully saturated rings. The molecule has 1 aliphatic rings. The van der Waals surface area contributed by atoms with Crippen LogP contribution in [0.25, 0.3) is 10.9 Å². The van der Waals surface area contributed by atoms with Gasteiger partial charge in [-0.05, 0) is 37.0 Å². The van der Waals surface area contributed by atoms with Crippen LogP contribution in [-0.2, 0) is 12.8 Å². The first-order valence-corrected chi connectivity index (χ1v) is 6.49. The van der Waals surface area contributed by atoms with E-state index in [2.05, 4.69) is 5.32 Å². The summed E-state index contributed by atoms with van der Waals surface area (Å²) in [4.78, 5) is 4.72. The zero-order valence-electron chi connectivity index (χ0n) is 10.5. The predicted octanol–water partition coefficient (Wildman–Crippen LogP) is 3.43. The number of nitrogens with zero attached hydrogens (tertiary/aromatic N) is 1. The molecule has 0 saturated carbocycles. The van der Waals surface area contributed by atoms with Gasteiger partial charge >= 0.3 is 0 Å². The average Bonchev–Trinajstić information content (AvgIpc) is 2.85. The number of halogens is 1. The van der Waals surface area contributed by atoms with Crippen LogP contribution in [0.1, 0.15) is 17.7 Å². The maximum atomic E-state index is 6.27. The molecular formula is C14H15ClN2O. The molecule has 0 spiro atoms. The lowest BCUT2D eigenvalue weighted by Crippen LogP contribution is -2.01. The van der Waals surface area contributed by atoms with Crippen molar-refractivity contribution >= 4 is 28.2 Å². The molecule has 1 heterocycles. The Bertz CT molecular complexity index is 625. The van der Waals surface area contributed by atoms with E-state index >= 15 is 0 Å². The maximum Gasteiger partial charge on any atom is 0.130 e. The Balaban J connectivity index is 2.46. The van der Waals surface area contributed by atoms with Crippen molar-refractivity contribution in [3.63, 3.8) is 0 Å². The van der Waals surface area contributed by atoms with Crippen LogP contribution in [0.4, 0.5) is 5.69 Å². The lowest BCUT2D eigenvalue weighted by Gasteiger charge is -2.15. The summed E-state index contributed by atoms with van der Waals surface area (Å²) < 4.78 is 5.45. The number of benzene rings is 1. The molecule has 1 aromatic carbocycles. The van der Waals surface area contributed by atoms with Gasteiger partial charge in [-0.1, -0.05) is 11.6 Å². The second-order valence-corrected chi connectivity index (χ2v) is 4.90. The number of aryl methyl sites for hydroxylation is 1. The minimum Gasteiger partial charge on any atom is -0.496 e. The number of pyridine rings is 1. The standard InChI is InChI=1S/C14H15ClN2O/c1-16-13-8-4-3-5-10(8)17-14-9(15)6-7-11(18-2)12(13)14/h6-7H,3-5H2,1-2H3,(H,16,17). The second-order valence-electron chi connectivity index (χ2n) is 4.49. The van der Waals surface area contributed by atoms with Crippen LogP contribution in [0.3, 0.4) is 0 Å². The summed E-state index contributed by atoms with van der Waals surface area (Å²) in [5, 5.41) is 4.97. The molecule has 1 aromatic heterocycles. The van der Waals surface area contributed by atoms with E-state index in [1.165, 1.54) is 11.3 Å². The fourth-order valence-corrected chi connectivity index (χ4v) is 2.95. The Morgan fingerprint density at radius 2 is 2.17 bits per heavy atom. The van der Waals surface area contributed by atoms with Gasteiger partial charge in [-0.15, -0.1) is 0 Å². The van der Waals surface area contributed by atoms with Crippen LogP contribution in [0.15, 0.2) is 12.1 Å². The van der Waals surface area contributed by atoms with Gasteiger partial charge in [0.25, 0.3) is 0 Å². The zero-order valence-corrected chi connectivity index (χ0v) is 11.3. The fourth-order valence-electron chi connectivity index (χ4n) is 2.75. The summed E-state index contributed by atoms with van der Waals surface area (Å²) in [5.74, 6) is 0.820. The van der Waals surface area contributed by atoms with Gasteiger partial charge < -0.3 is 10.1 Å². The summed E-state index contributed by atoms with van der Waals surface area (Å²) >= 11 is 6.27. The highest BCUT2D eigenvalue weighted by molar-refractivity contribution is 6.35. The van der Waals surface area contributed by atoms with Gasteiger partial charge in [0.15, 0.2) is 0 Å². The van der Waals surface area contributed by atoms with Crippen molar-refractivity contribution in [2.45, 2.75) is 19.3 Å². The normalized spacial score (nSPS) is 13.7. The third-order valence-electron chi connectivity index (χ3n) is 3.55. The highest BCUT2D eigenvalue weighted by Crippen LogP contribution is 2.40. The van der Waals surface area contributed by atoms with Crippen molar-refractivity contribution in [1.29, 1.82) is 0 Å². The Hall–Kier alpha value is -1.48. The molecule has 0 radical (unpaired) electrons. The van der Waals surface area contributed by atoms with Gasteiger partial charge in [0.05, 0.1) is 28.7 Å². The molecule has 0 aliphatic heterocycles. The topological polar surface area (TPSA) is 34.2 Å². The number of anilines is 1. The van der Waals surface area contributed by atoms with Gasteiger partial charge in [0.2, 0.25) is 0 Å². The highest BCUT2D eigenvalue weighted by Gasteiger charge is 2.22. The molecule has 3 nitrogen and oxygen atoms in total. The first-order valence-electron chi connectivity index (χ1n) is 6.12. The van der Waals surface area contributed by atoms with Crippen molar-refractivity contribution in [2.75, 3.05) is 19.5 Å². The van der Waals surface area contributed by atoms with Crippen LogP contribution in [0.5, 0.6) is 5.75 Å². The lowest BCUT2D eigenvalue weighted by molar-refractivity contribution is 0.420. The fraction of sp³-hybridized carbons (Fsp3) is 0.357. The quantitative estimate of drug-likeness (QED) is 0.900. The van der Waals surface area contributed by atoms with E-state index in [1.54, 1.807) is 7.11 Å². The number of nitrogens with one attached hydrogen (secondary N) is 1. The number of hydrogen-bond donors (Lipinski definition) is 1. The number of rotatable bonds is 2. The van der Waals surface area contributed by atoms with E-state index in [0.717, 1.165) is 41.6 Å². The van der Waals surface area contributed by atoms with E-state index < -0.39 is 0 Å². The largest absolute Gasteiger partial charge is 0.496 e. The van der Waals surface area contributed by atoms with Gasteiger partial charge in [0.1, 0.15) is 5.75 Å². The van der Waals surface area contributed by atoms with E-state index in [4.69, 9.17) is 21.3 Å². The molecule has 1 aliphatic carbocycles. The van der Waals surface area contributed by atoms with E-state index in [0.29, 0.717) is 5.02 Å². The second kappa shape index (κ2) is 4.32.